The van der Waals surface area contributed by atoms with Gasteiger partial charge in [0.05, 0.1) is 19.8 Å². The lowest BCUT2D eigenvalue weighted by atomic mass is 10.1. The van der Waals surface area contributed by atoms with Crippen molar-refractivity contribution >= 4 is 29.9 Å². The number of halogens is 1. The molecular weight excluding hydrogens is 415 g/mol. The summed E-state index contributed by atoms with van der Waals surface area (Å²) < 4.78 is 5.40. The number of guanidine groups is 1. The van der Waals surface area contributed by atoms with E-state index in [0.29, 0.717) is 12.5 Å². The Morgan fingerprint density at radius 1 is 1.21 bits per heavy atom. The second kappa shape index (κ2) is 12.5. The van der Waals surface area contributed by atoms with Crippen molar-refractivity contribution in [3.63, 3.8) is 0 Å². The summed E-state index contributed by atoms with van der Waals surface area (Å²) in [6.07, 6.45) is 0. The summed E-state index contributed by atoms with van der Waals surface area (Å²) in [5, 5.41) is 6.78. The highest BCUT2D eigenvalue weighted by Gasteiger charge is 2.13. The largest absolute Gasteiger partial charge is 0.379 e. The molecular formula is C18H31IN4O. The van der Waals surface area contributed by atoms with E-state index in [9.17, 15) is 0 Å². The number of benzene rings is 1. The standard InChI is InChI=1S/C18H30N4O.HI/c1-3-19-18(21-14-17-7-5-4-6-8-17)20-13-16(2)15-22-9-11-23-12-10-22;/h4-8,16H,3,9-15H2,1-2H3,(H2,19,20,21);1H. The fraction of sp³-hybridized carbons (Fsp3) is 0.611. The topological polar surface area (TPSA) is 48.9 Å². The van der Waals surface area contributed by atoms with Gasteiger partial charge in [-0.15, -0.1) is 24.0 Å². The van der Waals surface area contributed by atoms with Gasteiger partial charge < -0.3 is 15.4 Å². The Kier molecular flexibility index (Phi) is 11.0. The van der Waals surface area contributed by atoms with Crippen LogP contribution in [0, 0.1) is 5.92 Å². The van der Waals surface area contributed by atoms with Crippen LogP contribution < -0.4 is 10.6 Å². The van der Waals surface area contributed by atoms with Crippen LogP contribution >= 0.6 is 24.0 Å². The van der Waals surface area contributed by atoms with E-state index in [0.717, 1.165) is 51.9 Å². The molecule has 1 aromatic carbocycles. The van der Waals surface area contributed by atoms with Gasteiger partial charge in [-0.25, -0.2) is 4.99 Å². The summed E-state index contributed by atoms with van der Waals surface area (Å²) in [6.45, 7) is 11.8. The number of nitrogens with one attached hydrogen (secondary N) is 2. The highest BCUT2D eigenvalue weighted by atomic mass is 127. The van der Waals surface area contributed by atoms with Crippen molar-refractivity contribution in [2.24, 2.45) is 10.9 Å². The molecule has 1 aliphatic rings. The fourth-order valence-electron chi connectivity index (χ4n) is 2.66. The lowest BCUT2D eigenvalue weighted by molar-refractivity contribution is 0.0320. The van der Waals surface area contributed by atoms with Crippen LogP contribution in [0.1, 0.15) is 19.4 Å². The summed E-state index contributed by atoms with van der Waals surface area (Å²) in [4.78, 5) is 7.14. The van der Waals surface area contributed by atoms with Gasteiger partial charge in [0.15, 0.2) is 5.96 Å². The van der Waals surface area contributed by atoms with Gasteiger partial charge in [-0.1, -0.05) is 37.3 Å². The van der Waals surface area contributed by atoms with Gasteiger partial charge in [-0.2, -0.15) is 0 Å². The zero-order valence-electron chi connectivity index (χ0n) is 14.8. The number of nitrogens with zero attached hydrogens (tertiary/aromatic N) is 2. The first-order chi connectivity index (χ1) is 11.3. The van der Waals surface area contributed by atoms with E-state index in [1.165, 1.54) is 5.56 Å². The molecule has 1 unspecified atom stereocenters. The molecule has 0 bridgehead atoms. The normalized spacial score (nSPS) is 17.0. The van der Waals surface area contributed by atoms with Crippen LogP contribution in [-0.2, 0) is 11.3 Å². The van der Waals surface area contributed by atoms with E-state index in [1.54, 1.807) is 0 Å². The molecule has 1 aromatic rings. The van der Waals surface area contributed by atoms with Gasteiger partial charge in [0.25, 0.3) is 0 Å². The molecule has 2 N–H and O–H groups in total. The van der Waals surface area contributed by atoms with E-state index in [1.807, 2.05) is 6.07 Å². The van der Waals surface area contributed by atoms with Crippen molar-refractivity contribution < 1.29 is 4.74 Å². The van der Waals surface area contributed by atoms with Crippen molar-refractivity contribution in [1.29, 1.82) is 0 Å². The molecule has 6 heteroatoms. The number of rotatable bonds is 7. The average molecular weight is 446 g/mol. The average Bonchev–Trinajstić information content (AvgIpc) is 2.59. The maximum Gasteiger partial charge on any atom is 0.191 e. The second-order valence-corrected chi connectivity index (χ2v) is 6.08. The monoisotopic (exact) mass is 446 g/mol. The third-order valence-electron chi connectivity index (χ3n) is 3.90. The van der Waals surface area contributed by atoms with E-state index >= 15 is 0 Å². The van der Waals surface area contributed by atoms with E-state index < -0.39 is 0 Å². The predicted molar refractivity (Wildman–Crippen MR) is 111 cm³/mol. The molecule has 1 aliphatic heterocycles. The lowest BCUT2D eigenvalue weighted by Gasteiger charge is -2.29. The molecule has 0 aliphatic carbocycles. The molecule has 1 atom stereocenters. The van der Waals surface area contributed by atoms with E-state index in [-0.39, 0.29) is 24.0 Å². The summed E-state index contributed by atoms with van der Waals surface area (Å²) >= 11 is 0. The molecule has 0 radical (unpaired) electrons. The molecule has 0 spiro atoms. The van der Waals surface area contributed by atoms with Crippen LogP contribution in [0.2, 0.25) is 0 Å². The number of ether oxygens (including phenoxy) is 1. The zero-order chi connectivity index (χ0) is 16.3. The zero-order valence-corrected chi connectivity index (χ0v) is 17.2. The van der Waals surface area contributed by atoms with Crippen molar-refractivity contribution in [3.05, 3.63) is 35.9 Å². The molecule has 0 amide bonds. The number of aliphatic imine (C=N–C) groups is 1. The Morgan fingerprint density at radius 2 is 1.92 bits per heavy atom. The van der Waals surface area contributed by atoms with Crippen LogP contribution in [0.4, 0.5) is 0 Å². The van der Waals surface area contributed by atoms with Crippen LogP contribution in [0.25, 0.3) is 0 Å². The van der Waals surface area contributed by atoms with Gasteiger partial charge in [-0.05, 0) is 18.4 Å². The van der Waals surface area contributed by atoms with Crippen molar-refractivity contribution in [2.75, 3.05) is 45.9 Å². The Labute approximate surface area is 163 Å². The molecule has 0 saturated carbocycles. The molecule has 136 valence electrons. The molecule has 24 heavy (non-hydrogen) atoms. The number of morpholine rings is 1. The maximum atomic E-state index is 5.40. The first-order valence-electron chi connectivity index (χ1n) is 8.64. The Hall–Kier alpha value is -0.860. The SMILES string of the molecule is CCNC(=NCc1ccccc1)NCC(C)CN1CCOCC1.I. The summed E-state index contributed by atoms with van der Waals surface area (Å²) in [6, 6.07) is 10.3. The minimum atomic E-state index is 0. The van der Waals surface area contributed by atoms with Gasteiger partial charge in [0.2, 0.25) is 0 Å². The minimum Gasteiger partial charge on any atom is -0.379 e. The smallest absolute Gasteiger partial charge is 0.191 e. The van der Waals surface area contributed by atoms with Gasteiger partial charge in [-0.3, -0.25) is 4.90 Å². The van der Waals surface area contributed by atoms with Gasteiger partial charge in [0.1, 0.15) is 0 Å². The quantitative estimate of drug-likeness (QED) is 0.384. The van der Waals surface area contributed by atoms with Crippen LogP contribution in [-0.4, -0.2) is 56.8 Å². The molecule has 0 aromatic heterocycles. The third-order valence-corrected chi connectivity index (χ3v) is 3.90. The Balaban J connectivity index is 0.00000288. The lowest BCUT2D eigenvalue weighted by Crippen LogP contribution is -2.44. The molecule has 5 nitrogen and oxygen atoms in total. The van der Waals surface area contributed by atoms with Gasteiger partial charge in [0, 0.05) is 32.7 Å². The maximum absolute atomic E-state index is 5.40. The van der Waals surface area contributed by atoms with Crippen molar-refractivity contribution in [2.45, 2.75) is 20.4 Å². The second-order valence-electron chi connectivity index (χ2n) is 6.08. The van der Waals surface area contributed by atoms with E-state index in [2.05, 4.69) is 58.6 Å². The highest BCUT2D eigenvalue weighted by Crippen LogP contribution is 2.03. The van der Waals surface area contributed by atoms with Crippen molar-refractivity contribution in [1.82, 2.24) is 15.5 Å². The Morgan fingerprint density at radius 3 is 2.58 bits per heavy atom. The first kappa shape index (κ1) is 21.2. The first-order valence-corrected chi connectivity index (χ1v) is 8.64. The number of hydrogen-bond acceptors (Lipinski definition) is 3. The Bertz CT molecular complexity index is 463. The van der Waals surface area contributed by atoms with E-state index in [4.69, 9.17) is 4.74 Å². The fourth-order valence-corrected chi connectivity index (χ4v) is 2.66. The summed E-state index contributed by atoms with van der Waals surface area (Å²) in [5.41, 5.74) is 1.23. The van der Waals surface area contributed by atoms with Crippen LogP contribution in [0.15, 0.2) is 35.3 Å². The predicted octanol–water partition coefficient (Wildman–Crippen LogP) is 2.33. The number of hydrogen-bond donors (Lipinski definition) is 2. The minimum absolute atomic E-state index is 0. The molecule has 2 rings (SSSR count). The van der Waals surface area contributed by atoms with Crippen LogP contribution in [0.3, 0.4) is 0 Å². The van der Waals surface area contributed by atoms with Crippen LogP contribution in [0.5, 0.6) is 0 Å². The summed E-state index contributed by atoms with van der Waals surface area (Å²) in [7, 11) is 0. The molecule has 1 saturated heterocycles. The molecule has 1 fully saturated rings. The molecule has 1 heterocycles. The highest BCUT2D eigenvalue weighted by molar-refractivity contribution is 14.0. The van der Waals surface area contributed by atoms with Crippen molar-refractivity contribution in [3.8, 4) is 0 Å². The van der Waals surface area contributed by atoms with Gasteiger partial charge >= 0.3 is 0 Å². The third kappa shape index (κ3) is 8.30. The summed E-state index contributed by atoms with van der Waals surface area (Å²) in [5.74, 6) is 1.47.